The number of carbonyl (C=O) groups excluding carboxylic acids is 1. The highest BCUT2D eigenvalue weighted by atomic mass is 32.2. The van der Waals surface area contributed by atoms with E-state index in [2.05, 4.69) is 4.72 Å². The molecule has 0 aliphatic rings. The van der Waals surface area contributed by atoms with Crippen LogP contribution < -0.4 is 9.46 Å². The molecule has 1 N–H and O–H groups in total. The number of nitrogens with one attached hydrogen (secondary N) is 1. The van der Waals surface area contributed by atoms with Gasteiger partial charge in [0.25, 0.3) is 0 Å². The Balaban J connectivity index is 1.63. The Kier molecular flexibility index (Phi) is 9.50. The molecule has 0 spiro atoms. The third-order valence-corrected chi connectivity index (χ3v) is 7.85. The van der Waals surface area contributed by atoms with Gasteiger partial charge in [-0.3, -0.25) is 4.79 Å². The van der Waals surface area contributed by atoms with Gasteiger partial charge in [-0.2, -0.15) is 0 Å². The summed E-state index contributed by atoms with van der Waals surface area (Å²) in [6.07, 6.45) is 1.55. The molecule has 0 saturated heterocycles. The minimum Gasteiger partial charge on any atom is -0.598 e. The lowest BCUT2D eigenvalue weighted by Crippen LogP contribution is -2.41. The van der Waals surface area contributed by atoms with Crippen LogP contribution in [0.3, 0.4) is 0 Å². The molecule has 0 amide bonds. The van der Waals surface area contributed by atoms with E-state index in [0.29, 0.717) is 16.7 Å². The molecule has 3 aromatic carbocycles. The van der Waals surface area contributed by atoms with E-state index >= 15 is 0 Å². The fourth-order valence-corrected chi connectivity index (χ4v) is 5.01. The summed E-state index contributed by atoms with van der Waals surface area (Å²) in [6.45, 7) is 6.83. The van der Waals surface area contributed by atoms with Crippen molar-refractivity contribution < 1.29 is 32.0 Å². The second kappa shape index (κ2) is 12.8. The monoisotopic (exact) mass is 569 g/mol. The van der Waals surface area contributed by atoms with E-state index in [0.717, 1.165) is 22.1 Å². The molecule has 40 heavy (non-hydrogen) atoms. The molecule has 6 nitrogen and oxygen atoms in total. The quantitative estimate of drug-likeness (QED) is 0.155. The van der Waals surface area contributed by atoms with Crippen molar-refractivity contribution in [3.63, 3.8) is 0 Å². The zero-order valence-electron chi connectivity index (χ0n) is 23.0. The standard InChI is InChI=1S/C31H33F2NO5S/c1-5-37-29(35)16-23-9-10-25(33)17-28(23)39-19-20-13-24-11-12-38-30(24)26(14-20)21-7-6-8-22(15-21)27(18-32)34-40(36)31(2,3)4/h6-15,17,27,34H,5,16,18-19H2,1-4H3. The van der Waals surface area contributed by atoms with Gasteiger partial charge in [0.15, 0.2) is 0 Å². The summed E-state index contributed by atoms with van der Waals surface area (Å²) in [6, 6.07) is 16.3. The zero-order chi connectivity index (χ0) is 28.9. The number of furan rings is 1. The molecule has 1 aromatic heterocycles. The van der Waals surface area contributed by atoms with Crippen molar-refractivity contribution >= 4 is 28.3 Å². The van der Waals surface area contributed by atoms with Gasteiger partial charge in [-0.05, 0) is 74.7 Å². The Morgan fingerprint density at radius 1 is 1.12 bits per heavy atom. The predicted octanol–water partition coefficient (Wildman–Crippen LogP) is 6.99. The number of hydrogen-bond acceptors (Lipinski definition) is 6. The van der Waals surface area contributed by atoms with Gasteiger partial charge in [0.1, 0.15) is 41.2 Å². The van der Waals surface area contributed by atoms with E-state index < -0.39 is 40.6 Å². The van der Waals surface area contributed by atoms with E-state index in [-0.39, 0.29) is 25.4 Å². The van der Waals surface area contributed by atoms with Crippen LogP contribution in [0.4, 0.5) is 8.78 Å². The normalized spacial score (nSPS) is 13.3. The Labute approximate surface area is 236 Å². The number of ether oxygens (including phenoxy) is 2. The first-order valence-corrected chi connectivity index (χ1v) is 14.2. The second-order valence-corrected chi connectivity index (χ2v) is 12.3. The number of fused-ring (bicyclic) bond motifs is 1. The lowest BCUT2D eigenvalue weighted by Gasteiger charge is -2.27. The van der Waals surface area contributed by atoms with Crippen molar-refractivity contribution in [3.8, 4) is 16.9 Å². The van der Waals surface area contributed by atoms with Gasteiger partial charge in [-0.1, -0.05) is 24.3 Å². The summed E-state index contributed by atoms with van der Waals surface area (Å²) in [5.74, 6) is -0.644. The third kappa shape index (κ3) is 7.21. The molecule has 212 valence electrons. The molecule has 0 aliphatic carbocycles. The highest BCUT2D eigenvalue weighted by Gasteiger charge is 2.30. The SMILES string of the molecule is CCOC(=O)Cc1ccc(F)cc1OCc1cc(-c2cccc(C(CF)N[S+]([O-])C(C)(C)C)c2)c2occc2c1. The average molecular weight is 570 g/mol. The van der Waals surface area contributed by atoms with Crippen LogP contribution in [0.1, 0.15) is 50.4 Å². The summed E-state index contributed by atoms with van der Waals surface area (Å²) >= 11 is -1.45. The number of carbonyl (C=O) groups is 1. The van der Waals surface area contributed by atoms with Crippen LogP contribution >= 0.6 is 0 Å². The van der Waals surface area contributed by atoms with E-state index in [1.54, 1.807) is 19.3 Å². The Bertz CT molecular complexity index is 1470. The molecule has 0 bridgehead atoms. The van der Waals surface area contributed by atoms with Gasteiger partial charge in [0, 0.05) is 33.9 Å². The number of alkyl halides is 1. The van der Waals surface area contributed by atoms with Crippen molar-refractivity contribution in [2.45, 2.75) is 51.5 Å². The first-order valence-electron chi connectivity index (χ1n) is 13.0. The van der Waals surface area contributed by atoms with Crippen LogP contribution in [-0.4, -0.2) is 28.6 Å². The fraction of sp³-hybridized carbons (Fsp3) is 0.323. The summed E-state index contributed by atoms with van der Waals surface area (Å²) < 4.78 is 59.9. The molecule has 0 aliphatic heterocycles. The van der Waals surface area contributed by atoms with Crippen LogP contribution in [0.2, 0.25) is 0 Å². The fourth-order valence-electron chi connectivity index (χ4n) is 4.20. The van der Waals surface area contributed by atoms with Crippen LogP contribution in [0.25, 0.3) is 22.1 Å². The van der Waals surface area contributed by atoms with Crippen molar-refractivity contribution in [2.75, 3.05) is 13.3 Å². The minimum atomic E-state index is -1.45. The van der Waals surface area contributed by atoms with Crippen LogP contribution in [0.15, 0.2) is 71.3 Å². The smallest absolute Gasteiger partial charge is 0.310 e. The minimum absolute atomic E-state index is 0.0357. The molecule has 0 saturated carbocycles. The zero-order valence-corrected chi connectivity index (χ0v) is 23.8. The number of halogens is 2. The summed E-state index contributed by atoms with van der Waals surface area (Å²) in [4.78, 5) is 12.0. The Morgan fingerprint density at radius 2 is 1.93 bits per heavy atom. The van der Waals surface area contributed by atoms with E-state index in [1.807, 2.05) is 57.2 Å². The summed E-state index contributed by atoms with van der Waals surface area (Å²) in [5, 5.41) is 0.835. The lowest BCUT2D eigenvalue weighted by molar-refractivity contribution is -0.142. The molecular formula is C31H33F2NO5S. The molecule has 1 heterocycles. The largest absolute Gasteiger partial charge is 0.598 e. The third-order valence-electron chi connectivity index (χ3n) is 6.23. The van der Waals surface area contributed by atoms with E-state index in [1.165, 1.54) is 18.2 Å². The average Bonchev–Trinajstić information content (AvgIpc) is 3.39. The molecule has 9 heteroatoms. The maximum atomic E-state index is 14.1. The molecule has 0 fully saturated rings. The predicted molar refractivity (Wildman–Crippen MR) is 152 cm³/mol. The van der Waals surface area contributed by atoms with Crippen molar-refractivity contribution in [1.29, 1.82) is 0 Å². The highest BCUT2D eigenvalue weighted by molar-refractivity contribution is 7.90. The van der Waals surface area contributed by atoms with Crippen molar-refractivity contribution in [1.82, 2.24) is 4.72 Å². The van der Waals surface area contributed by atoms with Gasteiger partial charge in [0.05, 0.1) is 19.3 Å². The topological polar surface area (TPSA) is 83.8 Å². The van der Waals surface area contributed by atoms with Crippen LogP contribution in [0.5, 0.6) is 5.75 Å². The van der Waals surface area contributed by atoms with E-state index in [4.69, 9.17) is 13.9 Å². The Morgan fingerprint density at radius 3 is 2.65 bits per heavy atom. The van der Waals surface area contributed by atoms with Gasteiger partial charge in [-0.25, -0.2) is 8.78 Å². The number of rotatable bonds is 11. The van der Waals surface area contributed by atoms with Gasteiger partial charge in [-0.15, -0.1) is 4.72 Å². The van der Waals surface area contributed by atoms with Crippen LogP contribution in [0, 0.1) is 5.82 Å². The highest BCUT2D eigenvalue weighted by Crippen LogP contribution is 2.34. The first kappa shape index (κ1) is 29.6. The second-order valence-electron chi connectivity index (χ2n) is 10.3. The van der Waals surface area contributed by atoms with Crippen molar-refractivity contribution in [2.24, 2.45) is 0 Å². The summed E-state index contributed by atoms with van der Waals surface area (Å²) in [7, 11) is 0. The lowest BCUT2D eigenvalue weighted by atomic mass is 9.97. The number of benzene rings is 3. The molecule has 4 rings (SSSR count). The van der Waals surface area contributed by atoms with Gasteiger partial charge >= 0.3 is 5.97 Å². The molecule has 4 aromatic rings. The first-order chi connectivity index (χ1) is 19.1. The van der Waals surface area contributed by atoms with E-state index in [9.17, 15) is 18.1 Å². The molecule has 0 radical (unpaired) electrons. The van der Waals surface area contributed by atoms with Gasteiger partial charge < -0.3 is 18.4 Å². The van der Waals surface area contributed by atoms with Crippen molar-refractivity contribution in [3.05, 3.63) is 89.4 Å². The Hall–Kier alpha value is -3.40. The number of esters is 1. The van der Waals surface area contributed by atoms with Gasteiger partial charge in [0.2, 0.25) is 0 Å². The summed E-state index contributed by atoms with van der Waals surface area (Å²) in [5.41, 5.74) is 4.17. The molecule has 2 unspecified atom stereocenters. The molecular weight excluding hydrogens is 536 g/mol. The van der Waals surface area contributed by atoms with Crippen LogP contribution in [-0.2, 0) is 33.9 Å². The molecule has 2 atom stereocenters. The maximum Gasteiger partial charge on any atom is 0.310 e. The number of hydrogen-bond donors (Lipinski definition) is 1. The maximum absolute atomic E-state index is 14.1.